The molecule has 3 amide bonds. The summed E-state index contributed by atoms with van der Waals surface area (Å²) in [6, 6.07) is 14.7. The average Bonchev–Trinajstić information content (AvgIpc) is 3.41. The van der Waals surface area contributed by atoms with Crippen LogP contribution in [0.4, 0.5) is 17.1 Å². The van der Waals surface area contributed by atoms with Crippen molar-refractivity contribution in [2.45, 2.75) is 12.8 Å². The highest BCUT2D eigenvalue weighted by Gasteiger charge is 2.23. The van der Waals surface area contributed by atoms with Crippen LogP contribution in [0.25, 0.3) is 0 Å². The standard InChI is InChI=1S/C22H18ClN3O4/c23-17-13-16(9-10-18(17)26-11-1-4-20(26)27)25-21(28)14-5-7-15(8-6-14)24-22(29)19-3-2-12-30-19/h2-3,5-10,12-13H,1,4,11H2,(H,24,29)(H,25,28). The van der Waals surface area contributed by atoms with E-state index in [-0.39, 0.29) is 23.5 Å². The topological polar surface area (TPSA) is 91.7 Å². The largest absolute Gasteiger partial charge is 0.459 e. The fourth-order valence-corrected chi connectivity index (χ4v) is 3.50. The Hall–Kier alpha value is -3.58. The highest BCUT2D eigenvalue weighted by atomic mass is 35.5. The van der Waals surface area contributed by atoms with Crippen molar-refractivity contribution in [3.05, 3.63) is 77.2 Å². The lowest BCUT2D eigenvalue weighted by molar-refractivity contribution is -0.117. The van der Waals surface area contributed by atoms with Crippen molar-refractivity contribution in [2.75, 3.05) is 22.1 Å². The molecule has 1 saturated heterocycles. The third-order valence-electron chi connectivity index (χ3n) is 4.72. The summed E-state index contributed by atoms with van der Waals surface area (Å²) in [7, 11) is 0. The SMILES string of the molecule is O=C(Nc1ccc(N2CCCC2=O)c(Cl)c1)c1ccc(NC(=O)c2ccco2)cc1. The summed E-state index contributed by atoms with van der Waals surface area (Å²) in [6.45, 7) is 0.646. The van der Waals surface area contributed by atoms with E-state index in [1.165, 1.54) is 6.26 Å². The van der Waals surface area contributed by atoms with Crippen LogP contribution in [-0.4, -0.2) is 24.3 Å². The van der Waals surface area contributed by atoms with E-state index in [1.807, 2.05) is 0 Å². The molecule has 1 aliphatic heterocycles. The Morgan fingerprint density at radius 2 is 1.70 bits per heavy atom. The minimum atomic E-state index is -0.372. The van der Waals surface area contributed by atoms with E-state index in [1.54, 1.807) is 59.5 Å². The van der Waals surface area contributed by atoms with Crippen molar-refractivity contribution in [1.82, 2.24) is 0 Å². The molecule has 0 radical (unpaired) electrons. The van der Waals surface area contributed by atoms with Crippen LogP contribution in [0, 0.1) is 0 Å². The summed E-state index contributed by atoms with van der Waals surface area (Å²) in [5.41, 5.74) is 2.13. The number of halogens is 1. The van der Waals surface area contributed by atoms with Gasteiger partial charge in [0.25, 0.3) is 11.8 Å². The first-order valence-electron chi connectivity index (χ1n) is 9.37. The van der Waals surface area contributed by atoms with Gasteiger partial charge in [0.05, 0.1) is 17.0 Å². The van der Waals surface area contributed by atoms with Gasteiger partial charge in [0.1, 0.15) is 0 Å². The van der Waals surface area contributed by atoms with E-state index >= 15 is 0 Å². The molecule has 7 nitrogen and oxygen atoms in total. The molecule has 2 heterocycles. The lowest BCUT2D eigenvalue weighted by Crippen LogP contribution is -2.24. The first-order valence-corrected chi connectivity index (χ1v) is 9.75. The van der Waals surface area contributed by atoms with Crippen LogP contribution in [0.1, 0.15) is 33.8 Å². The number of anilines is 3. The third kappa shape index (κ3) is 4.21. The number of amides is 3. The van der Waals surface area contributed by atoms with Gasteiger partial charge in [-0.25, -0.2) is 0 Å². The van der Waals surface area contributed by atoms with Gasteiger partial charge in [-0.15, -0.1) is 0 Å². The summed E-state index contributed by atoms with van der Waals surface area (Å²) in [5, 5.41) is 5.87. The monoisotopic (exact) mass is 423 g/mol. The van der Waals surface area contributed by atoms with Gasteiger partial charge in [-0.3, -0.25) is 14.4 Å². The van der Waals surface area contributed by atoms with Crippen molar-refractivity contribution < 1.29 is 18.8 Å². The average molecular weight is 424 g/mol. The number of rotatable bonds is 5. The fraction of sp³-hybridized carbons (Fsp3) is 0.136. The number of carbonyl (C=O) groups excluding carboxylic acids is 3. The molecule has 0 unspecified atom stereocenters. The normalized spacial score (nSPS) is 13.4. The maximum Gasteiger partial charge on any atom is 0.291 e. The summed E-state index contributed by atoms with van der Waals surface area (Å²) in [5.74, 6) is -0.441. The molecule has 30 heavy (non-hydrogen) atoms. The smallest absolute Gasteiger partial charge is 0.291 e. The van der Waals surface area contributed by atoms with Crippen LogP contribution in [0.15, 0.2) is 65.3 Å². The molecule has 2 N–H and O–H groups in total. The number of nitrogens with zero attached hydrogens (tertiary/aromatic N) is 1. The second-order valence-corrected chi connectivity index (χ2v) is 7.19. The lowest BCUT2D eigenvalue weighted by Gasteiger charge is -2.18. The second-order valence-electron chi connectivity index (χ2n) is 6.78. The zero-order valence-electron chi connectivity index (χ0n) is 15.9. The minimum Gasteiger partial charge on any atom is -0.459 e. The Morgan fingerprint density at radius 1 is 0.967 bits per heavy atom. The number of nitrogens with one attached hydrogen (secondary N) is 2. The van der Waals surface area contributed by atoms with Gasteiger partial charge in [-0.1, -0.05) is 11.6 Å². The van der Waals surface area contributed by atoms with Crippen LogP contribution in [0.2, 0.25) is 5.02 Å². The molecular weight excluding hydrogens is 406 g/mol. The summed E-state index contributed by atoms with van der Waals surface area (Å²) < 4.78 is 5.04. The summed E-state index contributed by atoms with van der Waals surface area (Å²) in [4.78, 5) is 38.1. The molecule has 4 rings (SSSR count). The van der Waals surface area contributed by atoms with E-state index in [2.05, 4.69) is 10.6 Å². The Balaban J connectivity index is 1.40. The Kier molecular flexibility index (Phi) is 5.54. The zero-order chi connectivity index (χ0) is 21.1. The van der Waals surface area contributed by atoms with Crippen LogP contribution in [0.3, 0.4) is 0 Å². The predicted molar refractivity (Wildman–Crippen MR) is 114 cm³/mol. The Labute approximate surface area is 177 Å². The second kappa shape index (κ2) is 8.42. The van der Waals surface area contributed by atoms with E-state index in [0.29, 0.717) is 40.6 Å². The molecular formula is C22H18ClN3O4. The van der Waals surface area contributed by atoms with Gasteiger partial charge in [0, 0.05) is 29.9 Å². The van der Waals surface area contributed by atoms with Gasteiger partial charge in [-0.05, 0) is 61.0 Å². The molecule has 8 heteroatoms. The maximum atomic E-state index is 12.5. The quantitative estimate of drug-likeness (QED) is 0.629. The van der Waals surface area contributed by atoms with Crippen molar-refractivity contribution in [2.24, 2.45) is 0 Å². The predicted octanol–water partition coefficient (Wildman–Crippen LogP) is 4.56. The summed E-state index contributed by atoms with van der Waals surface area (Å²) >= 11 is 6.32. The highest BCUT2D eigenvalue weighted by Crippen LogP contribution is 2.31. The van der Waals surface area contributed by atoms with Gasteiger partial charge < -0.3 is 20.0 Å². The fourth-order valence-electron chi connectivity index (χ4n) is 3.22. The van der Waals surface area contributed by atoms with Crippen molar-refractivity contribution in [3.63, 3.8) is 0 Å². The van der Waals surface area contributed by atoms with Crippen molar-refractivity contribution >= 4 is 46.4 Å². The number of benzene rings is 2. The minimum absolute atomic E-state index is 0.0490. The van der Waals surface area contributed by atoms with E-state index in [4.69, 9.17) is 16.0 Å². The van der Waals surface area contributed by atoms with E-state index in [0.717, 1.165) is 6.42 Å². The molecule has 0 atom stereocenters. The van der Waals surface area contributed by atoms with Gasteiger partial charge in [-0.2, -0.15) is 0 Å². The van der Waals surface area contributed by atoms with E-state index < -0.39 is 0 Å². The number of hydrogen-bond donors (Lipinski definition) is 2. The molecule has 152 valence electrons. The Morgan fingerprint density at radius 3 is 2.33 bits per heavy atom. The van der Waals surface area contributed by atoms with Crippen LogP contribution < -0.4 is 15.5 Å². The molecule has 1 aliphatic rings. The number of furan rings is 1. The molecule has 1 aromatic heterocycles. The van der Waals surface area contributed by atoms with Gasteiger partial charge in [0.15, 0.2) is 5.76 Å². The molecule has 1 fully saturated rings. The third-order valence-corrected chi connectivity index (χ3v) is 5.02. The van der Waals surface area contributed by atoms with Crippen LogP contribution in [-0.2, 0) is 4.79 Å². The summed E-state index contributed by atoms with van der Waals surface area (Å²) in [6.07, 6.45) is 2.75. The first kappa shape index (κ1) is 19.7. The molecule has 0 aliphatic carbocycles. The van der Waals surface area contributed by atoms with Gasteiger partial charge >= 0.3 is 0 Å². The lowest BCUT2D eigenvalue weighted by atomic mass is 10.2. The van der Waals surface area contributed by atoms with Crippen molar-refractivity contribution in [3.8, 4) is 0 Å². The Bertz CT molecular complexity index is 1090. The molecule has 2 aromatic carbocycles. The molecule has 0 bridgehead atoms. The molecule has 3 aromatic rings. The molecule has 0 spiro atoms. The molecule has 0 saturated carbocycles. The zero-order valence-corrected chi connectivity index (χ0v) is 16.6. The highest BCUT2D eigenvalue weighted by molar-refractivity contribution is 6.34. The van der Waals surface area contributed by atoms with Crippen molar-refractivity contribution in [1.29, 1.82) is 0 Å². The number of carbonyl (C=O) groups is 3. The maximum absolute atomic E-state index is 12.5. The van der Waals surface area contributed by atoms with Gasteiger partial charge in [0.2, 0.25) is 5.91 Å². The first-order chi connectivity index (χ1) is 14.5. The number of hydrogen-bond acceptors (Lipinski definition) is 4. The van der Waals surface area contributed by atoms with E-state index in [9.17, 15) is 14.4 Å². The van der Waals surface area contributed by atoms with Crippen LogP contribution >= 0.6 is 11.6 Å². The van der Waals surface area contributed by atoms with Crippen LogP contribution in [0.5, 0.6) is 0 Å².